The van der Waals surface area contributed by atoms with Crippen LogP contribution in [0.15, 0.2) is 49.1 Å². The average molecular weight is 412 g/mol. The van der Waals surface area contributed by atoms with Crippen LogP contribution in [0.3, 0.4) is 0 Å². The molecule has 6 heterocycles. The van der Waals surface area contributed by atoms with Crippen LogP contribution in [0.2, 0.25) is 0 Å². The molecular formula is C22H20N8O. The molecular weight excluding hydrogens is 392 g/mol. The molecule has 154 valence electrons. The molecule has 0 spiro atoms. The number of hydrogen-bond acceptors (Lipinski definition) is 7. The Kier molecular flexibility index (Phi) is 4.31. The van der Waals surface area contributed by atoms with E-state index in [1.807, 2.05) is 24.3 Å². The number of aromatic amines is 2. The summed E-state index contributed by atoms with van der Waals surface area (Å²) in [5, 5.41) is 10.8. The Hall–Kier alpha value is -3.85. The van der Waals surface area contributed by atoms with Gasteiger partial charge in [-0.2, -0.15) is 5.10 Å². The number of H-pyrrole nitrogens is 2. The van der Waals surface area contributed by atoms with Crippen LogP contribution < -0.4 is 10.1 Å². The molecule has 31 heavy (non-hydrogen) atoms. The van der Waals surface area contributed by atoms with Crippen molar-refractivity contribution in [2.24, 2.45) is 0 Å². The third kappa shape index (κ3) is 3.38. The van der Waals surface area contributed by atoms with Gasteiger partial charge in [0.05, 0.1) is 29.1 Å². The summed E-state index contributed by atoms with van der Waals surface area (Å²) in [5.74, 6) is 1.42. The molecule has 0 unspecified atom stereocenters. The van der Waals surface area contributed by atoms with Crippen molar-refractivity contribution in [2.45, 2.75) is 18.9 Å². The van der Waals surface area contributed by atoms with E-state index >= 15 is 0 Å². The highest BCUT2D eigenvalue weighted by atomic mass is 16.5. The van der Waals surface area contributed by atoms with Crippen LogP contribution in [0, 0.1) is 0 Å². The molecule has 9 nitrogen and oxygen atoms in total. The largest absolute Gasteiger partial charge is 0.489 e. The minimum atomic E-state index is 0.219. The van der Waals surface area contributed by atoms with Crippen molar-refractivity contribution in [2.75, 3.05) is 13.1 Å². The molecule has 0 aromatic carbocycles. The fraction of sp³-hybridized carbons (Fsp3) is 0.227. The SMILES string of the molecule is c1cc2[nH]c(-c3n[nH]c4ccc(-c5cncc(OC6CCNCC6)c5)nc34)nc2cn1. The van der Waals surface area contributed by atoms with Crippen LogP contribution in [0.4, 0.5) is 0 Å². The van der Waals surface area contributed by atoms with Crippen LogP contribution in [-0.4, -0.2) is 54.3 Å². The summed E-state index contributed by atoms with van der Waals surface area (Å²) >= 11 is 0. The number of hydrogen-bond donors (Lipinski definition) is 3. The Bertz CT molecular complexity index is 1340. The predicted octanol–water partition coefficient (Wildman–Crippen LogP) is 3.09. The maximum Gasteiger partial charge on any atom is 0.161 e. The summed E-state index contributed by atoms with van der Waals surface area (Å²) in [6, 6.07) is 7.81. The van der Waals surface area contributed by atoms with Crippen molar-refractivity contribution in [3.63, 3.8) is 0 Å². The van der Waals surface area contributed by atoms with Crippen molar-refractivity contribution in [1.82, 2.24) is 40.4 Å². The van der Waals surface area contributed by atoms with E-state index in [9.17, 15) is 0 Å². The van der Waals surface area contributed by atoms with E-state index in [0.717, 1.165) is 65.0 Å². The number of piperidine rings is 1. The van der Waals surface area contributed by atoms with Crippen molar-refractivity contribution in [3.05, 3.63) is 49.1 Å². The third-order valence-electron chi connectivity index (χ3n) is 5.52. The highest BCUT2D eigenvalue weighted by molar-refractivity contribution is 5.91. The molecule has 3 N–H and O–H groups in total. The van der Waals surface area contributed by atoms with Crippen LogP contribution >= 0.6 is 0 Å². The molecule has 0 amide bonds. The van der Waals surface area contributed by atoms with Gasteiger partial charge < -0.3 is 15.0 Å². The lowest BCUT2D eigenvalue weighted by Gasteiger charge is -2.23. The van der Waals surface area contributed by atoms with Crippen LogP contribution in [0.5, 0.6) is 5.75 Å². The maximum atomic E-state index is 6.15. The molecule has 0 atom stereocenters. The first-order chi connectivity index (χ1) is 15.3. The van der Waals surface area contributed by atoms with Gasteiger partial charge in [-0.1, -0.05) is 0 Å². The summed E-state index contributed by atoms with van der Waals surface area (Å²) in [4.78, 5) is 21.3. The highest BCUT2D eigenvalue weighted by Gasteiger charge is 2.17. The van der Waals surface area contributed by atoms with Crippen LogP contribution in [0.1, 0.15) is 12.8 Å². The van der Waals surface area contributed by atoms with Gasteiger partial charge in [0, 0.05) is 18.0 Å². The smallest absolute Gasteiger partial charge is 0.161 e. The van der Waals surface area contributed by atoms with Crippen molar-refractivity contribution in [3.8, 4) is 28.5 Å². The zero-order valence-electron chi connectivity index (χ0n) is 16.7. The molecule has 1 saturated heterocycles. The number of pyridine rings is 3. The van der Waals surface area contributed by atoms with Gasteiger partial charge in [-0.05, 0) is 50.2 Å². The second kappa shape index (κ2) is 7.44. The quantitative estimate of drug-likeness (QED) is 0.415. The number of fused-ring (bicyclic) bond motifs is 2. The molecule has 9 heteroatoms. The summed E-state index contributed by atoms with van der Waals surface area (Å²) in [6.45, 7) is 1.97. The third-order valence-corrected chi connectivity index (χ3v) is 5.52. The van der Waals surface area contributed by atoms with E-state index in [0.29, 0.717) is 11.5 Å². The van der Waals surface area contributed by atoms with Crippen LogP contribution in [-0.2, 0) is 0 Å². The monoisotopic (exact) mass is 412 g/mol. The van der Waals surface area contributed by atoms with Crippen molar-refractivity contribution < 1.29 is 4.74 Å². The first-order valence-electron chi connectivity index (χ1n) is 10.3. The zero-order valence-corrected chi connectivity index (χ0v) is 16.7. The highest BCUT2D eigenvalue weighted by Crippen LogP contribution is 2.28. The topological polar surface area (TPSA) is 117 Å². The van der Waals surface area contributed by atoms with E-state index in [1.165, 1.54) is 0 Å². The molecule has 6 rings (SSSR count). The summed E-state index contributed by atoms with van der Waals surface area (Å²) in [5.41, 5.74) is 5.65. The Labute approximate surface area is 177 Å². The second-order valence-corrected chi connectivity index (χ2v) is 7.62. The Morgan fingerprint density at radius 1 is 0.935 bits per heavy atom. The van der Waals surface area contributed by atoms with Crippen molar-refractivity contribution in [1.29, 1.82) is 0 Å². The fourth-order valence-electron chi connectivity index (χ4n) is 3.92. The van der Waals surface area contributed by atoms with E-state index in [-0.39, 0.29) is 6.10 Å². The van der Waals surface area contributed by atoms with Gasteiger partial charge in [0.1, 0.15) is 22.9 Å². The molecule has 0 bridgehead atoms. The maximum absolute atomic E-state index is 6.15. The number of nitrogens with zero attached hydrogens (tertiary/aromatic N) is 5. The van der Waals surface area contributed by atoms with Gasteiger partial charge in [0.15, 0.2) is 11.5 Å². The van der Waals surface area contributed by atoms with E-state index in [4.69, 9.17) is 9.72 Å². The van der Waals surface area contributed by atoms with E-state index in [1.54, 1.807) is 24.8 Å². The van der Waals surface area contributed by atoms with Crippen LogP contribution in [0.25, 0.3) is 44.8 Å². The molecule has 1 aliphatic heterocycles. The molecule has 5 aromatic heterocycles. The van der Waals surface area contributed by atoms with Gasteiger partial charge in [-0.3, -0.25) is 15.1 Å². The first kappa shape index (κ1) is 18.0. The molecule has 1 fully saturated rings. The Morgan fingerprint density at radius 3 is 2.77 bits per heavy atom. The minimum absolute atomic E-state index is 0.219. The normalized spacial score (nSPS) is 15.0. The van der Waals surface area contributed by atoms with Gasteiger partial charge in [0.2, 0.25) is 0 Å². The molecule has 0 saturated carbocycles. The number of imidazole rings is 1. The molecule has 0 aliphatic carbocycles. The van der Waals surface area contributed by atoms with Gasteiger partial charge in [-0.25, -0.2) is 9.97 Å². The summed E-state index contributed by atoms with van der Waals surface area (Å²) in [7, 11) is 0. The van der Waals surface area contributed by atoms with E-state index < -0.39 is 0 Å². The molecule has 5 aromatic rings. The fourth-order valence-corrected chi connectivity index (χ4v) is 3.92. The van der Waals surface area contributed by atoms with Gasteiger partial charge in [-0.15, -0.1) is 0 Å². The Balaban J connectivity index is 1.36. The zero-order chi connectivity index (χ0) is 20.6. The van der Waals surface area contributed by atoms with Crippen molar-refractivity contribution >= 4 is 22.1 Å². The predicted molar refractivity (Wildman–Crippen MR) is 117 cm³/mol. The summed E-state index contributed by atoms with van der Waals surface area (Å²) < 4.78 is 6.15. The molecule has 1 aliphatic rings. The minimum Gasteiger partial charge on any atom is -0.489 e. The lowest BCUT2D eigenvalue weighted by Crippen LogP contribution is -2.34. The summed E-state index contributed by atoms with van der Waals surface area (Å²) in [6.07, 6.45) is 9.24. The number of nitrogens with one attached hydrogen (secondary N) is 3. The Morgan fingerprint density at radius 2 is 1.87 bits per heavy atom. The lowest BCUT2D eigenvalue weighted by molar-refractivity contribution is 0.162. The van der Waals surface area contributed by atoms with E-state index in [2.05, 4.69) is 35.5 Å². The number of rotatable bonds is 4. The standard InChI is InChI=1S/C22H20N8O/c1-2-18-20(21(30-29-18)22-27-17-5-8-24-12-19(17)28-22)26-16(1)13-9-15(11-25-10-13)31-14-3-6-23-7-4-14/h1-2,5,8-12,14,23H,3-4,6-7H2,(H,27,28)(H,29,30). The number of ether oxygens (including phenoxy) is 1. The van der Waals surface area contributed by atoms with Gasteiger partial charge in [0.25, 0.3) is 0 Å². The number of aromatic nitrogens is 7. The molecule has 0 radical (unpaired) electrons. The second-order valence-electron chi connectivity index (χ2n) is 7.62. The lowest BCUT2D eigenvalue weighted by atomic mass is 10.1. The first-order valence-corrected chi connectivity index (χ1v) is 10.3. The van der Waals surface area contributed by atoms with Gasteiger partial charge >= 0.3 is 0 Å². The average Bonchev–Trinajstić information content (AvgIpc) is 3.43.